The molecule has 1 aliphatic carbocycles. The van der Waals surface area contributed by atoms with Crippen LogP contribution in [-0.2, 0) is 12.8 Å². The van der Waals surface area contributed by atoms with Gasteiger partial charge in [-0.25, -0.2) is 0 Å². The molecule has 0 saturated carbocycles. The van der Waals surface area contributed by atoms with Crippen molar-refractivity contribution in [1.29, 1.82) is 0 Å². The van der Waals surface area contributed by atoms with Gasteiger partial charge in [0.05, 0.1) is 5.69 Å². The quantitative estimate of drug-likeness (QED) is 0.852. The molecule has 2 nitrogen and oxygen atoms in total. The van der Waals surface area contributed by atoms with Crippen LogP contribution in [0.25, 0.3) is 0 Å². The number of pyridine rings is 1. The van der Waals surface area contributed by atoms with Crippen LogP contribution in [0.3, 0.4) is 0 Å². The monoisotopic (exact) mass is 225 g/mol. The fourth-order valence-electron chi connectivity index (χ4n) is 2.47. The highest BCUT2D eigenvalue weighted by Crippen LogP contribution is 2.27. The first-order valence-corrected chi connectivity index (χ1v) is 6.05. The molecule has 1 aromatic carbocycles. The highest BCUT2D eigenvalue weighted by atomic mass is 16.3. The first-order chi connectivity index (χ1) is 8.34. The van der Waals surface area contributed by atoms with E-state index in [1.54, 1.807) is 6.20 Å². The maximum Gasteiger partial charge on any atom is 0.121 e. The summed E-state index contributed by atoms with van der Waals surface area (Å²) >= 11 is 0. The third-order valence-electron chi connectivity index (χ3n) is 3.41. The summed E-state index contributed by atoms with van der Waals surface area (Å²) in [7, 11) is 0. The van der Waals surface area contributed by atoms with Gasteiger partial charge in [-0.2, -0.15) is 0 Å². The van der Waals surface area contributed by atoms with E-state index in [2.05, 4.69) is 17.1 Å². The molecule has 0 bridgehead atoms. The summed E-state index contributed by atoms with van der Waals surface area (Å²) in [6.07, 6.45) is 4.65. The molecule has 0 saturated heterocycles. The fourth-order valence-corrected chi connectivity index (χ4v) is 2.47. The molecule has 0 amide bonds. The Morgan fingerprint density at radius 3 is 2.76 bits per heavy atom. The Bertz CT molecular complexity index is 522. The molecule has 0 spiro atoms. The lowest BCUT2D eigenvalue weighted by Crippen LogP contribution is -2.02. The number of rotatable bonds is 2. The molecule has 2 aromatic rings. The van der Waals surface area contributed by atoms with Gasteiger partial charge in [-0.3, -0.25) is 4.98 Å². The molecule has 17 heavy (non-hydrogen) atoms. The van der Waals surface area contributed by atoms with Crippen LogP contribution >= 0.6 is 0 Å². The number of aryl methyl sites for hydroxylation is 2. The summed E-state index contributed by atoms with van der Waals surface area (Å²) < 4.78 is 0. The predicted molar refractivity (Wildman–Crippen MR) is 66.8 cm³/mol. The molecule has 0 fully saturated rings. The van der Waals surface area contributed by atoms with Crippen molar-refractivity contribution in [2.45, 2.75) is 25.4 Å². The van der Waals surface area contributed by atoms with Gasteiger partial charge < -0.3 is 5.11 Å². The molecule has 3 rings (SSSR count). The molecule has 1 atom stereocenters. The molecule has 86 valence electrons. The average molecular weight is 225 g/mol. The maximum atomic E-state index is 10.3. The lowest BCUT2D eigenvalue weighted by molar-refractivity contribution is 0.215. The van der Waals surface area contributed by atoms with E-state index in [0.29, 0.717) is 5.69 Å². The number of aromatic nitrogens is 1. The highest BCUT2D eigenvalue weighted by Gasteiger charge is 2.16. The van der Waals surface area contributed by atoms with Gasteiger partial charge in [-0.15, -0.1) is 0 Å². The minimum Gasteiger partial charge on any atom is -0.382 e. The van der Waals surface area contributed by atoms with Crippen LogP contribution in [0.15, 0.2) is 42.6 Å². The third kappa shape index (κ3) is 1.96. The second kappa shape index (κ2) is 4.30. The predicted octanol–water partition coefficient (Wildman–Crippen LogP) is 2.65. The first-order valence-electron chi connectivity index (χ1n) is 6.05. The Kier molecular flexibility index (Phi) is 2.65. The van der Waals surface area contributed by atoms with Gasteiger partial charge in [0.15, 0.2) is 0 Å². The van der Waals surface area contributed by atoms with Crippen LogP contribution < -0.4 is 0 Å². The van der Waals surface area contributed by atoms with Crippen molar-refractivity contribution < 1.29 is 5.11 Å². The minimum absolute atomic E-state index is 0.609. The third-order valence-corrected chi connectivity index (χ3v) is 3.41. The molecule has 0 radical (unpaired) electrons. The zero-order chi connectivity index (χ0) is 11.7. The molecule has 1 aliphatic rings. The topological polar surface area (TPSA) is 33.1 Å². The Morgan fingerprint density at radius 2 is 1.94 bits per heavy atom. The van der Waals surface area contributed by atoms with Crippen LogP contribution in [0.2, 0.25) is 0 Å². The second-order valence-corrected chi connectivity index (χ2v) is 4.54. The van der Waals surface area contributed by atoms with Crippen molar-refractivity contribution in [3.8, 4) is 0 Å². The van der Waals surface area contributed by atoms with E-state index in [1.165, 1.54) is 24.0 Å². The van der Waals surface area contributed by atoms with E-state index < -0.39 is 6.10 Å². The highest BCUT2D eigenvalue weighted by molar-refractivity contribution is 5.38. The maximum absolute atomic E-state index is 10.3. The van der Waals surface area contributed by atoms with Crippen LogP contribution in [-0.4, -0.2) is 10.1 Å². The van der Waals surface area contributed by atoms with Crippen LogP contribution in [0.1, 0.15) is 34.9 Å². The molecular formula is C15H15NO. The van der Waals surface area contributed by atoms with Gasteiger partial charge in [-0.1, -0.05) is 24.3 Å². The molecule has 1 heterocycles. The van der Waals surface area contributed by atoms with Crippen molar-refractivity contribution in [2.75, 3.05) is 0 Å². The number of fused-ring (bicyclic) bond motifs is 1. The van der Waals surface area contributed by atoms with Gasteiger partial charge >= 0.3 is 0 Å². The van der Waals surface area contributed by atoms with Crippen LogP contribution in [0.4, 0.5) is 0 Å². The van der Waals surface area contributed by atoms with Gasteiger partial charge in [-0.05, 0) is 48.1 Å². The smallest absolute Gasteiger partial charge is 0.121 e. The van der Waals surface area contributed by atoms with E-state index in [-0.39, 0.29) is 0 Å². The summed E-state index contributed by atoms with van der Waals surface area (Å²) in [6, 6.07) is 11.9. The van der Waals surface area contributed by atoms with E-state index in [0.717, 1.165) is 12.0 Å². The largest absolute Gasteiger partial charge is 0.382 e. The first kappa shape index (κ1) is 10.5. The fraction of sp³-hybridized carbons (Fsp3) is 0.267. The number of aliphatic hydroxyl groups is 1. The SMILES string of the molecule is O[C@H](c1ccc2c(c1)CCC2)c1ccccn1. The van der Waals surface area contributed by atoms with Gasteiger partial charge in [0.1, 0.15) is 6.10 Å². The van der Waals surface area contributed by atoms with Gasteiger partial charge in [0.2, 0.25) is 0 Å². The minimum atomic E-state index is -0.609. The van der Waals surface area contributed by atoms with E-state index in [1.807, 2.05) is 24.3 Å². The van der Waals surface area contributed by atoms with E-state index >= 15 is 0 Å². The lowest BCUT2D eigenvalue weighted by atomic mass is 10.0. The Hall–Kier alpha value is -1.67. The van der Waals surface area contributed by atoms with Crippen molar-refractivity contribution in [3.05, 3.63) is 65.0 Å². The number of hydrogen-bond donors (Lipinski definition) is 1. The summed E-state index contributed by atoms with van der Waals surface area (Å²) in [5.41, 5.74) is 4.48. The van der Waals surface area contributed by atoms with Gasteiger partial charge in [0, 0.05) is 6.20 Å². The van der Waals surface area contributed by atoms with Crippen molar-refractivity contribution >= 4 is 0 Å². The van der Waals surface area contributed by atoms with Crippen LogP contribution in [0, 0.1) is 0 Å². The van der Waals surface area contributed by atoms with E-state index in [4.69, 9.17) is 0 Å². The zero-order valence-corrected chi connectivity index (χ0v) is 9.63. The number of hydrogen-bond acceptors (Lipinski definition) is 2. The van der Waals surface area contributed by atoms with Crippen molar-refractivity contribution in [2.24, 2.45) is 0 Å². The van der Waals surface area contributed by atoms with Gasteiger partial charge in [0.25, 0.3) is 0 Å². The molecule has 0 unspecified atom stereocenters. The molecular weight excluding hydrogens is 210 g/mol. The average Bonchev–Trinajstić information content (AvgIpc) is 2.86. The molecule has 1 aromatic heterocycles. The summed E-state index contributed by atoms with van der Waals surface area (Å²) in [5, 5.41) is 10.3. The van der Waals surface area contributed by atoms with Crippen LogP contribution in [0.5, 0.6) is 0 Å². The normalized spacial score (nSPS) is 15.6. The molecule has 1 N–H and O–H groups in total. The summed E-state index contributed by atoms with van der Waals surface area (Å²) in [6.45, 7) is 0. The number of aliphatic hydroxyl groups excluding tert-OH is 1. The summed E-state index contributed by atoms with van der Waals surface area (Å²) in [4.78, 5) is 4.20. The molecule has 2 heteroatoms. The Labute approximate surface area is 101 Å². The lowest BCUT2D eigenvalue weighted by Gasteiger charge is -2.11. The Balaban J connectivity index is 1.94. The zero-order valence-electron chi connectivity index (χ0n) is 9.63. The Morgan fingerprint density at radius 1 is 1.06 bits per heavy atom. The standard InChI is InChI=1S/C15H15NO/c17-15(14-6-1-2-9-16-14)13-8-7-11-4-3-5-12(11)10-13/h1-2,6-10,15,17H,3-5H2/t15-/m1/s1. The molecule has 0 aliphatic heterocycles. The number of benzene rings is 1. The second-order valence-electron chi connectivity index (χ2n) is 4.54. The van der Waals surface area contributed by atoms with E-state index in [9.17, 15) is 5.11 Å². The number of nitrogens with zero attached hydrogens (tertiary/aromatic N) is 1. The summed E-state index contributed by atoms with van der Waals surface area (Å²) in [5.74, 6) is 0. The van der Waals surface area contributed by atoms with Crippen molar-refractivity contribution in [1.82, 2.24) is 4.98 Å². The van der Waals surface area contributed by atoms with Crippen molar-refractivity contribution in [3.63, 3.8) is 0 Å².